The van der Waals surface area contributed by atoms with E-state index in [0.29, 0.717) is 0 Å². The highest BCUT2D eigenvalue weighted by Crippen LogP contribution is 2.42. The number of hydrogen-bond donors (Lipinski definition) is 0. The molecule has 18 heavy (non-hydrogen) atoms. The summed E-state index contributed by atoms with van der Waals surface area (Å²) < 4.78 is 94.1. The molecule has 0 fully saturated rings. The van der Waals surface area contributed by atoms with Crippen LogP contribution in [0.1, 0.15) is 6.42 Å². The first-order chi connectivity index (χ1) is 8.02. The summed E-state index contributed by atoms with van der Waals surface area (Å²) in [5.74, 6) is -9.75. The highest BCUT2D eigenvalue weighted by Gasteiger charge is 2.61. The molecule has 0 aliphatic rings. The average Bonchev–Trinajstić information content (AvgIpc) is 2.13. The third kappa shape index (κ3) is 6.08. The Labute approximate surface area is 98.4 Å². The quantitative estimate of drug-likeness (QED) is 0.386. The second kappa shape index (κ2) is 6.26. The van der Waals surface area contributed by atoms with E-state index in [1.54, 1.807) is 0 Å². The minimum absolute atomic E-state index is 0.157. The summed E-state index contributed by atoms with van der Waals surface area (Å²) in [7, 11) is 0. The van der Waals surface area contributed by atoms with E-state index in [1.165, 1.54) is 0 Å². The van der Waals surface area contributed by atoms with Gasteiger partial charge in [-0.3, -0.25) is 0 Å². The Bertz CT molecular complexity index is 262. The molecule has 0 heterocycles. The van der Waals surface area contributed by atoms with E-state index >= 15 is 0 Å². The van der Waals surface area contributed by atoms with Crippen LogP contribution in [-0.4, -0.2) is 37.8 Å². The summed E-state index contributed by atoms with van der Waals surface area (Å²) in [5, 5.41) is 0. The number of hydrogen-bond acceptors (Lipinski definition) is 2. The molecule has 0 saturated heterocycles. The maximum atomic E-state index is 12.8. The van der Waals surface area contributed by atoms with Crippen LogP contribution >= 0.6 is 0 Å². The molecule has 108 valence electrons. The van der Waals surface area contributed by atoms with E-state index in [4.69, 9.17) is 0 Å². The van der Waals surface area contributed by atoms with Crippen LogP contribution in [0.5, 0.6) is 0 Å². The lowest BCUT2D eigenvalue weighted by Gasteiger charge is -2.24. The first-order valence-corrected chi connectivity index (χ1v) is 4.64. The van der Waals surface area contributed by atoms with Crippen LogP contribution in [0.4, 0.5) is 30.7 Å². The van der Waals surface area contributed by atoms with Gasteiger partial charge in [-0.25, -0.2) is 8.78 Å². The van der Waals surface area contributed by atoms with Crippen molar-refractivity contribution in [3.8, 4) is 0 Å². The van der Waals surface area contributed by atoms with Gasteiger partial charge in [0.1, 0.15) is 13.2 Å². The summed E-state index contributed by atoms with van der Waals surface area (Å²) in [6.45, 7) is 1.06. The van der Waals surface area contributed by atoms with E-state index in [9.17, 15) is 30.7 Å². The Morgan fingerprint density at radius 3 is 1.94 bits per heavy atom. The van der Waals surface area contributed by atoms with Crippen LogP contribution < -0.4 is 0 Å². The van der Waals surface area contributed by atoms with Crippen LogP contribution in [0.25, 0.3) is 0 Å². The fraction of sp³-hybridized carbons (Fsp3) is 0.778. The molecular weight excluding hydrogens is 273 g/mol. The molecule has 0 aromatic rings. The summed E-state index contributed by atoms with van der Waals surface area (Å²) >= 11 is 0. The molecule has 0 rings (SSSR count). The lowest BCUT2D eigenvalue weighted by atomic mass is 10.1. The van der Waals surface area contributed by atoms with Gasteiger partial charge in [-0.2, -0.15) is 22.0 Å². The van der Waals surface area contributed by atoms with E-state index in [2.05, 4.69) is 16.1 Å². The molecule has 9 heteroatoms. The molecule has 0 N–H and O–H groups in total. The van der Waals surface area contributed by atoms with Gasteiger partial charge < -0.3 is 9.47 Å². The normalized spacial score (nSPS) is 13.5. The lowest BCUT2D eigenvalue weighted by molar-refractivity contribution is -0.303. The third-order valence-corrected chi connectivity index (χ3v) is 1.67. The zero-order chi connectivity index (χ0) is 14.4. The van der Waals surface area contributed by atoms with Crippen LogP contribution in [0.15, 0.2) is 12.8 Å². The smallest absolute Gasteiger partial charge is 0.453 e. The molecule has 0 aromatic carbocycles. The number of alkyl halides is 7. The number of rotatable bonds is 8. The van der Waals surface area contributed by atoms with E-state index in [1.807, 2.05) is 0 Å². The Morgan fingerprint density at radius 1 is 0.944 bits per heavy atom. The minimum Gasteiger partial charge on any atom is -0.499 e. The molecular formula is C9H11F7O2. The highest BCUT2D eigenvalue weighted by atomic mass is 19.4. The lowest BCUT2D eigenvalue weighted by Crippen LogP contribution is -2.43. The van der Waals surface area contributed by atoms with E-state index < -0.39 is 31.0 Å². The Balaban J connectivity index is 4.18. The fourth-order valence-electron chi connectivity index (χ4n) is 0.888. The van der Waals surface area contributed by atoms with Gasteiger partial charge in [0.2, 0.25) is 0 Å². The minimum atomic E-state index is -6.01. The Kier molecular flexibility index (Phi) is 5.91. The number of ether oxygens (including phenoxy) is 2. The molecule has 0 bridgehead atoms. The van der Waals surface area contributed by atoms with Gasteiger partial charge in [0, 0.05) is 0 Å². The predicted octanol–water partition coefficient (Wildman–Crippen LogP) is 3.39. The molecule has 2 nitrogen and oxygen atoms in total. The van der Waals surface area contributed by atoms with Crippen molar-refractivity contribution >= 4 is 0 Å². The molecule has 0 spiro atoms. The van der Waals surface area contributed by atoms with Crippen molar-refractivity contribution < 1.29 is 40.2 Å². The first-order valence-electron chi connectivity index (χ1n) is 4.64. The largest absolute Gasteiger partial charge is 0.499 e. The molecule has 0 aromatic heterocycles. The van der Waals surface area contributed by atoms with Gasteiger partial charge in [-0.1, -0.05) is 6.58 Å². The molecule has 0 saturated carbocycles. The van der Waals surface area contributed by atoms with Crippen molar-refractivity contribution in [2.24, 2.45) is 0 Å². The summed E-state index contributed by atoms with van der Waals surface area (Å²) in [4.78, 5) is 0. The van der Waals surface area contributed by atoms with Gasteiger partial charge in [-0.15, -0.1) is 0 Å². The van der Waals surface area contributed by atoms with E-state index in [0.717, 1.165) is 6.26 Å². The van der Waals surface area contributed by atoms with Crippen molar-refractivity contribution in [2.45, 2.75) is 24.4 Å². The molecule has 0 unspecified atom stereocenters. The summed E-state index contributed by atoms with van der Waals surface area (Å²) in [6, 6.07) is 0. The van der Waals surface area contributed by atoms with Crippen LogP contribution in [0, 0.1) is 0 Å². The zero-order valence-electron chi connectivity index (χ0n) is 9.08. The molecule has 0 amide bonds. The Hall–Kier alpha value is -0.990. The molecule has 0 aliphatic carbocycles. The van der Waals surface area contributed by atoms with Crippen molar-refractivity contribution in [1.82, 2.24) is 0 Å². The van der Waals surface area contributed by atoms with Gasteiger partial charge >= 0.3 is 12.1 Å². The first kappa shape index (κ1) is 17.0. The maximum Gasteiger partial charge on any atom is 0.453 e. The molecule has 0 atom stereocenters. The fourth-order valence-corrected chi connectivity index (χ4v) is 0.888. The maximum absolute atomic E-state index is 12.8. The summed E-state index contributed by atoms with van der Waals surface area (Å²) in [5.41, 5.74) is 0. The zero-order valence-corrected chi connectivity index (χ0v) is 9.08. The van der Waals surface area contributed by atoms with Gasteiger partial charge in [-0.05, 0) is 0 Å². The van der Waals surface area contributed by atoms with Crippen molar-refractivity contribution in [3.63, 3.8) is 0 Å². The van der Waals surface area contributed by atoms with Crippen molar-refractivity contribution in [1.29, 1.82) is 0 Å². The van der Waals surface area contributed by atoms with Crippen LogP contribution in [0.3, 0.4) is 0 Å². The average molecular weight is 284 g/mol. The molecule has 0 radical (unpaired) electrons. The summed E-state index contributed by atoms with van der Waals surface area (Å²) in [6.07, 6.45) is -7.66. The van der Waals surface area contributed by atoms with Crippen LogP contribution in [-0.2, 0) is 9.47 Å². The van der Waals surface area contributed by atoms with Gasteiger partial charge in [0.15, 0.2) is 0 Å². The van der Waals surface area contributed by atoms with E-state index in [-0.39, 0.29) is 13.2 Å². The van der Waals surface area contributed by atoms with Gasteiger partial charge in [0.25, 0.3) is 5.92 Å². The topological polar surface area (TPSA) is 18.5 Å². The molecule has 0 aliphatic heterocycles. The Morgan fingerprint density at radius 2 is 1.50 bits per heavy atom. The second-order valence-corrected chi connectivity index (χ2v) is 3.32. The van der Waals surface area contributed by atoms with Crippen molar-refractivity contribution in [3.05, 3.63) is 12.8 Å². The third-order valence-electron chi connectivity index (χ3n) is 1.67. The second-order valence-electron chi connectivity index (χ2n) is 3.32. The number of halogens is 7. The predicted molar refractivity (Wildman–Crippen MR) is 47.5 cm³/mol. The van der Waals surface area contributed by atoms with Crippen LogP contribution in [0.2, 0.25) is 0 Å². The highest BCUT2D eigenvalue weighted by molar-refractivity contribution is 4.83. The standard InChI is InChI=1S/C9H11F7O2/c1-2-17-3-4-18-6-7(10,11)5-8(12,13)9(14,15)16/h2H,1,3-6H2. The van der Waals surface area contributed by atoms with Gasteiger partial charge in [0.05, 0.1) is 19.3 Å². The SMILES string of the molecule is C=COCCOCC(F)(F)CC(F)(F)C(F)(F)F. The monoisotopic (exact) mass is 284 g/mol. The van der Waals surface area contributed by atoms with Crippen molar-refractivity contribution in [2.75, 3.05) is 19.8 Å².